The Morgan fingerprint density at radius 3 is 2.65 bits per heavy atom. The van der Waals surface area contributed by atoms with Gasteiger partial charge in [0.25, 0.3) is 5.91 Å². The first-order chi connectivity index (χ1) is 12.4. The molecular weight excluding hydrogens is 363 g/mol. The van der Waals surface area contributed by atoms with Crippen LogP contribution in [-0.4, -0.2) is 25.5 Å². The molecule has 0 atom stereocenters. The van der Waals surface area contributed by atoms with Gasteiger partial charge in [-0.25, -0.2) is 4.39 Å². The summed E-state index contributed by atoms with van der Waals surface area (Å²) in [6.45, 7) is -0.272. The second kappa shape index (κ2) is 8.87. The van der Waals surface area contributed by atoms with Crippen molar-refractivity contribution < 1.29 is 23.5 Å². The van der Waals surface area contributed by atoms with Crippen molar-refractivity contribution in [2.24, 2.45) is 5.73 Å². The average molecular weight is 379 g/mol. The highest BCUT2D eigenvalue weighted by Crippen LogP contribution is 2.28. The quantitative estimate of drug-likeness (QED) is 0.724. The molecule has 0 fully saturated rings. The summed E-state index contributed by atoms with van der Waals surface area (Å²) in [6, 6.07) is 8.86. The van der Waals surface area contributed by atoms with Gasteiger partial charge in [0, 0.05) is 11.8 Å². The van der Waals surface area contributed by atoms with Gasteiger partial charge in [-0.3, -0.25) is 9.59 Å². The lowest BCUT2D eigenvalue weighted by Crippen LogP contribution is -2.20. The molecule has 0 radical (unpaired) electrons. The van der Waals surface area contributed by atoms with Gasteiger partial charge in [0.15, 0.2) is 18.1 Å². The summed E-state index contributed by atoms with van der Waals surface area (Å²) in [7, 11) is 1.45. The molecule has 26 heavy (non-hydrogen) atoms. The molecule has 2 amide bonds. The van der Waals surface area contributed by atoms with Crippen LogP contribution in [0.1, 0.15) is 5.56 Å². The second-order valence-corrected chi connectivity index (χ2v) is 5.52. The smallest absolute Gasteiger partial charge is 0.255 e. The van der Waals surface area contributed by atoms with E-state index in [-0.39, 0.29) is 17.3 Å². The van der Waals surface area contributed by atoms with Gasteiger partial charge in [-0.1, -0.05) is 17.7 Å². The van der Waals surface area contributed by atoms with Gasteiger partial charge < -0.3 is 20.5 Å². The Hall–Kier alpha value is -3.06. The summed E-state index contributed by atoms with van der Waals surface area (Å²) >= 11 is 5.59. The van der Waals surface area contributed by atoms with Crippen molar-refractivity contribution in [3.63, 3.8) is 0 Å². The molecule has 6 nitrogen and oxygen atoms in total. The average Bonchev–Trinajstić information content (AvgIpc) is 2.61. The molecule has 0 spiro atoms. The van der Waals surface area contributed by atoms with Crippen LogP contribution in [0.5, 0.6) is 11.5 Å². The fourth-order valence-electron chi connectivity index (χ4n) is 1.99. The summed E-state index contributed by atoms with van der Waals surface area (Å²) in [5.41, 5.74) is 5.98. The van der Waals surface area contributed by atoms with Gasteiger partial charge in [-0.15, -0.1) is 0 Å². The fraction of sp³-hybridized carbons (Fsp3) is 0.111. The van der Waals surface area contributed by atoms with Gasteiger partial charge in [-0.2, -0.15) is 0 Å². The van der Waals surface area contributed by atoms with Gasteiger partial charge in [-0.05, 0) is 42.0 Å². The van der Waals surface area contributed by atoms with E-state index in [9.17, 15) is 14.0 Å². The molecule has 0 heterocycles. The third-order valence-corrected chi connectivity index (χ3v) is 3.48. The number of hydrogen-bond donors (Lipinski definition) is 2. The number of benzene rings is 2. The lowest BCUT2D eigenvalue weighted by atomic mass is 10.2. The zero-order chi connectivity index (χ0) is 19.1. The monoisotopic (exact) mass is 378 g/mol. The number of ether oxygens (including phenoxy) is 2. The molecular formula is C18H16ClFN2O4. The molecule has 0 aromatic heterocycles. The van der Waals surface area contributed by atoms with Crippen LogP contribution in [0.25, 0.3) is 6.08 Å². The van der Waals surface area contributed by atoms with Crippen LogP contribution in [0, 0.1) is 5.82 Å². The number of nitrogens with two attached hydrogens (primary N) is 1. The molecule has 3 N–H and O–H groups in total. The molecule has 2 aromatic rings. The number of methoxy groups -OCH3 is 1. The van der Waals surface area contributed by atoms with Gasteiger partial charge >= 0.3 is 0 Å². The zero-order valence-corrected chi connectivity index (χ0v) is 14.5. The summed E-state index contributed by atoms with van der Waals surface area (Å²) < 4.78 is 23.8. The van der Waals surface area contributed by atoms with E-state index < -0.39 is 17.6 Å². The molecule has 0 saturated heterocycles. The molecule has 0 saturated carbocycles. The minimum atomic E-state index is -0.621. The summed E-state index contributed by atoms with van der Waals surface area (Å²) in [6.07, 6.45) is 2.83. The first kappa shape index (κ1) is 19.3. The van der Waals surface area contributed by atoms with Crippen molar-refractivity contribution >= 4 is 35.2 Å². The molecule has 2 aromatic carbocycles. The largest absolute Gasteiger partial charge is 0.493 e. The number of hydrogen-bond acceptors (Lipinski definition) is 4. The number of nitrogens with one attached hydrogen (secondary N) is 1. The summed E-state index contributed by atoms with van der Waals surface area (Å²) in [5.74, 6) is -0.936. The number of primary amides is 1. The van der Waals surface area contributed by atoms with Crippen molar-refractivity contribution in [2.45, 2.75) is 0 Å². The fourth-order valence-corrected chi connectivity index (χ4v) is 2.10. The van der Waals surface area contributed by atoms with Crippen LogP contribution in [0.4, 0.5) is 10.1 Å². The molecule has 0 unspecified atom stereocenters. The molecule has 0 aliphatic rings. The Morgan fingerprint density at radius 2 is 2.00 bits per heavy atom. The summed E-state index contributed by atoms with van der Waals surface area (Å²) in [4.78, 5) is 22.7. The van der Waals surface area contributed by atoms with E-state index in [1.165, 1.54) is 25.3 Å². The van der Waals surface area contributed by atoms with Crippen LogP contribution >= 0.6 is 11.6 Å². The van der Waals surface area contributed by atoms with Gasteiger partial charge in [0.1, 0.15) is 5.82 Å². The highest BCUT2D eigenvalue weighted by Gasteiger charge is 2.07. The van der Waals surface area contributed by atoms with E-state index in [2.05, 4.69) is 5.32 Å². The third-order valence-electron chi connectivity index (χ3n) is 3.17. The van der Waals surface area contributed by atoms with Crippen molar-refractivity contribution in [1.82, 2.24) is 0 Å². The zero-order valence-electron chi connectivity index (χ0n) is 13.8. The Bertz CT molecular complexity index is 855. The first-order valence-corrected chi connectivity index (χ1v) is 7.80. The number of rotatable bonds is 7. The standard InChI is InChI=1S/C18H16ClFN2O4/c1-25-16-8-11(2-6-15(16)26-10-17(21)23)3-7-18(24)22-12-4-5-13(19)14(20)9-12/h2-9H,10H2,1H3,(H2,21,23)(H,22,24). The Kier molecular flexibility index (Phi) is 6.57. The molecule has 8 heteroatoms. The highest BCUT2D eigenvalue weighted by molar-refractivity contribution is 6.30. The molecule has 0 aliphatic heterocycles. The number of carbonyl (C=O) groups is 2. The lowest BCUT2D eigenvalue weighted by molar-refractivity contribution is -0.120. The molecule has 0 bridgehead atoms. The third kappa shape index (κ3) is 5.49. The van der Waals surface area contributed by atoms with Crippen molar-refractivity contribution in [1.29, 1.82) is 0 Å². The van der Waals surface area contributed by atoms with Crippen molar-refractivity contribution in [3.05, 3.63) is 58.9 Å². The van der Waals surface area contributed by atoms with Gasteiger partial charge in [0.2, 0.25) is 5.91 Å². The van der Waals surface area contributed by atoms with Crippen LogP contribution in [-0.2, 0) is 9.59 Å². The van der Waals surface area contributed by atoms with Crippen LogP contribution in [0.15, 0.2) is 42.5 Å². The predicted octanol–water partition coefficient (Wildman–Crippen LogP) is 3.00. The number of amides is 2. The molecule has 136 valence electrons. The number of carbonyl (C=O) groups excluding carboxylic acids is 2. The van der Waals surface area contributed by atoms with E-state index >= 15 is 0 Å². The maximum Gasteiger partial charge on any atom is 0.255 e. The van der Waals surface area contributed by atoms with Crippen LogP contribution < -0.4 is 20.5 Å². The van der Waals surface area contributed by atoms with E-state index in [0.717, 1.165) is 6.07 Å². The highest BCUT2D eigenvalue weighted by atomic mass is 35.5. The van der Waals surface area contributed by atoms with E-state index in [0.29, 0.717) is 17.1 Å². The Morgan fingerprint density at radius 1 is 1.23 bits per heavy atom. The summed E-state index contributed by atoms with van der Waals surface area (Å²) in [5, 5.41) is 2.50. The second-order valence-electron chi connectivity index (χ2n) is 5.12. The Balaban J connectivity index is 2.05. The van der Waals surface area contributed by atoms with E-state index in [1.807, 2.05) is 0 Å². The maximum absolute atomic E-state index is 13.4. The molecule has 2 rings (SSSR count). The topological polar surface area (TPSA) is 90.7 Å². The number of anilines is 1. The lowest BCUT2D eigenvalue weighted by Gasteiger charge is -2.10. The maximum atomic E-state index is 13.4. The van der Waals surface area contributed by atoms with Gasteiger partial charge in [0.05, 0.1) is 12.1 Å². The van der Waals surface area contributed by atoms with E-state index in [4.69, 9.17) is 26.8 Å². The van der Waals surface area contributed by atoms with E-state index in [1.54, 1.807) is 24.3 Å². The molecule has 0 aliphatic carbocycles. The predicted molar refractivity (Wildman–Crippen MR) is 96.8 cm³/mol. The minimum Gasteiger partial charge on any atom is -0.493 e. The van der Waals surface area contributed by atoms with Crippen LogP contribution in [0.3, 0.4) is 0 Å². The van der Waals surface area contributed by atoms with Crippen molar-refractivity contribution in [3.8, 4) is 11.5 Å². The van der Waals surface area contributed by atoms with Crippen LogP contribution in [0.2, 0.25) is 5.02 Å². The normalized spacial score (nSPS) is 10.6. The number of halogens is 2. The Labute approximate surface area is 154 Å². The van der Waals surface area contributed by atoms with Crippen molar-refractivity contribution in [2.75, 3.05) is 19.0 Å². The first-order valence-electron chi connectivity index (χ1n) is 7.42. The minimum absolute atomic E-state index is 0.0238. The SMILES string of the molecule is COc1cc(C=CC(=O)Nc2ccc(Cl)c(F)c2)ccc1OCC(N)=O.